The molecule has 0 spiro atoms. The Balaban J connectivity index is 3.24. The fourth-order valence-corrected chi connectivity index (χ4v) is 1.40. The fourth-order valence-electron chi connectivity index (χ4n) is 1.40. The molecule has 0 aliphatic heterocycles. The smallest absolute Gasteiger partial charge is 0.220 e. The van der Waals surface area contributed by atoms with E-state index in [-0.39, 0.29) is 5.91 Å². The van der Waals surface area contributed by atoms with Gasteiger partial charge in [-0.05, 0) is 32.1 Å². The molecule has 0 bridgehead atoms. The molecule has 0 aromatic heterocycles. The molecule has 1 N–H and O–H groups in total. The van der Waals surface area contributed by atoms with Crippen molar-refractivity contribution in [3.8, 4) is 0 Å². The third-order valence-electron chi connectivity index (χ3n) is 2.20. The Morgan fingerprint density at radius 3 is 2.47 bits per heavy atom. The summed E-state index contributed by atoms with van der Waals surface area (Å²) in [5, 5.41) is 2.94. The minimum Gasteiger partial charge on any atom is -0.356 e. The topological polar surface area (TPSA) is 29.1 Å². The van der Waals surface area contributed by atoms with E-state index in [0.29, 0.717) is 12.3 Å². The molecule has 0 unspecified atom stereocenters. The molecular formula is C13H25NO. The van der Waals surface area contributed by atoms with Gasteiger partial charge in [-0.1, -0.05) is 25.8 Å². The third kappa shape index (κ3) is 11.1. The van der Waals surface area contributed by atoms with Crippen molar-refractivity contribution in [3.63, 3.8) is 0 Å². The molecule has 0 aliphatic carbocycles. The van der Waals surface area contributed by atoms with Gasteiger partial charge < -0.3 is 5.32 Å². The predicted octanol–water partition coefficient (Wildman–Crippen LogP) is 3.29. The molecule has 0 aromatic rings. The van der Waals surface area contributed by atoms with Crippen LogP contribution in [0.4, 0.5) is 0 Å². The van der Waals surface area contributed by atoms with Crippen LogP contribution in [0.1, 0.15) is 52.9 Å². The summed E-state index contributed by atoms with van der Waals surface area (Å²) in [7, 11) is 0. The summed E-state index contributed by atoms with van der Waals surface area (Å²) in [6, 6.07) is 0. The molecule has 0 rings (SSSR count). The highest BCUT2D eigenvalue weighted by Crippen LogP contribution is 2.05. The summed E-state index contributed by atoms with van der Waals surface area (Å²) in [4.78, 5) is 11.3. The van der Waals surface area contributed by atoms with E-state index in [1.165, 1.54) is 18.4 Å². The van der Waals surface area contributed by atoms with E-state index >= 15 is 0 Å². The molecule has 0 fully saturated rings. The Morgan fingerprint density at radius 2 is 1.93 bits per heavy atom. The average Bonchev–Trinajstić information content (AvgIpc) is 2.09. The summed E-state index contributed by atoms with van der Waals surface area (Å²) in [5.41, 5.74) is 1.25. The molecule has 2 heteroatoms. The van der Waals surface area contributed by atoms with Crippen LogP contribution in [0.5, 0.6) is 0 Å². The van der Waals surface area contributed by atoms with Crippen LogP contribution in [-0.2, 0) is 4.79 Å². The summed E-state index contributed by atoms with van der Waals surface area (Å²) in [6.07, 6.45) is 5.20. The first kappa shape index (κ1) is 14.2. The van der Waals surface area contributed by atoms with Crippen LogP contribution in [0.15, 0.2) is 12.2 Å². The van der Waals surface area contributed by atoms with Crippen LogP contribution in [-0.4, -0.2) is 12.5 Å². The first-order valence-corrected chi connectivity index (χ1v) is 5.93. The summed E-state index contributed by atoms with van der Waals surface area (Å²) in [6.45, 7) is 10.9. The Hall–Kier alpha value is -0.790. The minimum atomic E-state index is 0.185. The maximum atomic E-state index is 11.3. The molecule has 88 valence electrons. The Kier molecular flexibility index (Phi) is 8.06. The molecule has 1 amide bonds. The lowest BCUT2D eigenvalue weighted by molar-refractivity contribution is -0.121. The number of allylic oxidation sites excluding steroid dienone is 1. The summed E-state index contributed by atoms with van der Waals surface area (Å²) < 4.78 is 0. The molecule has 0 heterocycles. The van der Waals surface area contributed by atoms with Crippen LogP contribution in [0, 0.1) is 5.92 Å². The number of unbranched alkanes of at least 4 members (excludes halogenated alkanes) is 2. The van der Waals surface area contributed by atoms with Crippen molar-refractivity contribution in [3.05, 3.63) is 12.2 Å². The van der Waals surface area contributed by atoms with E-state index in [1.54, 1.807) is 0 Å². The first-order valence-electron chi connectivity index (χ1n) is 5.93. The maximum Gasteiger partial charge on any atom is 0.220 e. The molecular weight excluding hydrogens is 186 g/mol. The normalized spacial score (nSPS) is 10.4. The van der Waals surface area contributed by atoms with E-state index < -0.39 is 0 Å². The lowest BCUT2D eigenvalue weighted by Gasteiger charge is -2.06. The quantitative estimate of drug-likeness (QED) is 0.484. The van der Waals surface area contributed by atoms with Crippen molar-refractivity contribution < 1.29 is 4.79 Å². The third-order valence-corrected chi connectivity index (χ3v) is 2.20. The van der Waals surface area contributed by atoms with Crippen molar-refractivity contribution in [1.29, 1.82) is 0 Å². The number of hydrogen-bond acceptors (Lipinski definition) is 1. The van der Waals surface area contributed by atoms with Crippen LogP contribution < -0.4 is 5.32 Å². The van der Waals surface area contributed by atoms with Crippen LogP contribution in [0.25, 0.3) is 0 Å². The molecule has 0 saturated heterocycles. The number of nitrogens with one attached hydrogen (secondary N) is 1. The van der Waals surface area contributed by atoms with E-state index in [4.69, 9.17) is 0 Å². The van der Waals surface area contributed by atoms with Crippen molar-refractivity contribution >= 4 is 5.91 Å². The van der Waals surface area contributed by atoms with Gasteiger partial charge in [0.2, 0.25) is 5.91 Å². The number of amides is 1. The zero-order valence-electron chi connectivity index (χ0n) is 10.4. The van der Waals surface area contributed by atoms with Gasteiger partial charge in [-0.25, -0.2) is 0 Å². The minimum absolute atomic E-state index is 0.185. The van der Waals surface area contributed by atoms with Gasteiger partial charge in [0, 0.05) is 13.0 Å². The summed E-state index contributed by atoms with van der Waals surface area (Å²) >= 11 is 0. The lowest BCUT2D eigenvalue weighted by Crippen LogP contribution is -2.25. The predicted molar refractivity (Wildman–Crippen MR) is 65.7 cm³/mol. The molecule has 0 atom stereocenters. The van der Waals surface area contributed by atoms with Gasteiger partial charge in [-0.3, -0.25) is 4.79 Å². The van der Waals surface area contributed by atoms with Gasteiger partial charge in [0.15, 0.2) is 0 Å². The van der Waals surface area contributed by atoms with E-state index in [1.807, 2.05) is 0 Å². The van der Waals surface area contributed by atoms with Crippen molar-refractivity contribution in [2.24, 2.45) is 5.92 Å². The van der Waals surface area contributed by atoms with Crippen LogP contribution >= 0.6 is 0 Å². The monoisotopic (exact) mass is 211 g/mol. The Labute approximate surface area is 94.1 Å². The lowest BCUT2D eigenvalue weighted by atomic mass is 10.1. The van der Waals surface area contributed by atoms with Gasteiger partial charge in [0.05, 0.1) is 0 Å². The van der Waals surface area contributed by atoms with Crippen LogP contribution in [0.2, 0.25) is 0 Å². The molecule has 0 radical (unpaired) electrons. The van der Waals surface area contributed by atoms with Crippen molar-refractivity contribution in [2.45, 2.75) is 52.9 Å². The highest BCUT2D eigenvalue weighted by molar-refractivity contribution is 5.75. The van der Waals surface area contributed by atoms with Crippen molar-refractivity contribution in [1.82, 2.24) is 5.32 Å². The molecule has 15 heavy (non-hydrogen) atoms. The molecule has 2 nitrogen and oxygen atoms in total. The van der Waals surface area contributed by atoms with Crippen molar-refractivity contribution in [2.75, 3.05) is 6.54 Å². The highest BCUT2D eigenvalue weighted by atomic mass is 16.1. The van der Waals surface area contributed by atoms with Gasteiger partial charge in [0.1, 0.15) is 0 Å². The van der Waals surface area contributed by atoms with Crippen LogP contribution in [0.3, 0.4) is 0 Å². The van der Waals surface area contributed by atoms with Gasteiger partial charge >= 0.3 is 0 Å². The summed E-state index contributed by atoms with van der Waals surface area (Å²) in [5.74, 6) is 0.637. The zero-order valence-corrected chi connectivity index (χ0v) is 10.4. The Morgan fingerprint density at radius 1 is 1.27 bits per heavy atom. The molecule has 0 aromatic carbocycles. The number of rotatable bonds is 8. The SMILES string of the molecule is C=C(C)CCCCCNC(=O)CC(C)C. The van der Waals surface area contributed by atoms with E-state index in [0.717, 1.165) is 19.4 Å². The van der Waals surface area contributed by atoms with E-state index in [9.17, 15) is 4.79 Å². The highest BCUT2D eigenvalue weighted by Gasteiger charge is 2.02. The first-order chi connectivity index (χ1) is 7.02. The molecule has 0 aliphatic rings. The fraction of sp³-hybridized carbons (Fsp3) is 0.769. The number of hydrogen-bond donors (Lipinski definition) is 1. The Bertz CT molecular complexity index is 197. The second-order valence-electron chi connectivity index (χ2n) is 4.72. The van der Waals surface area contributed by atoms with E-state index in [2.05, 4.69) is 32.7 Å². The average molecular weight is 211 g/mol. The maximum absolute atomic E-state index is 11.3. The largest absolute Gasteiger partial charge is 0.356 e. The standard InChI is InChI=1S/C13H25NO/c1-11(2)8-6-5-7-9-14-13(15)10-12(3)4/h12H,1,5-10H2,2-4H3,(H,14,15). The number of carbonyl (C=O) groups is 1. The molecule has 0 saturated carbocycles. The second kappa shape index (κ2) is 8.51. The number of carbonyl (C=O) groups excluding carboxylic acids is 1. The van der Waals surface area contributed by atoms with Gasteiger partial charge in [-0.15, -0.1) is 6.58 Å². The van der Waals surface area contributed by atoms with Gasteiger partial charge in [0.25, 0.3) is 0 Å². The van der Waals surface area contributed by atoms with Gasteiger partial charge in [-0.2, -0.15) is 0 Å². The second-order valence-corrected chi connectivity index (χ2v) is 4.72. The zero-order chi connectivity index (χ0) is 11.7.